The summed E-state index contributed by atoms with van der Waals surface area (Å²) in [5.41, 5.74) is 2.75. The molecule has 0 atom stereocenters. The van der Waals surface area contributed by atoms with Gasteiger partial charge in [-0.2, -0.15) is 0 Å². The average molecular weight is 523 g/mol. The molecule has 0 aliphatic carbocycles. The van der Waals surface area contributed by atoms with E-state index < -0.39 is 0 Å². The van der Waals surface area contributed by atoms with Gasteiger partial charge < -0.3 is 5.32 Å². The molecule has 0 saturated heterocycles. The normalized spacial score (nSPS) is 10.9. The van der Waals surface area contributed by atoms with Gasteiger partial charge in [0, 0.05) is 14.3 Å². The fourth-order valence-corrected chi connectivity index (χ4v) is 4.87. The number of pyridine rings is 1. The summed E-state index contributed by atoms with van der Waals surface area (Å²) >= 11 is 14.4. The number of hydrogen-bond donors (Lipinski definition) is 1. The van der Waals surface area contributed by atoms with E-state index in [1.54, 1.807) is 0 Å². The number of amides is 1. The first-order valence-corrected chi connectivity index (χ1v) is 10.7. The van der Waals surface area contributed by atoms with Crippen LogP contribution in [0.2, 0.25) is 4.34 Å². The molecule has 0 bridgehead atoms. The van der Waals surface area contributed by atoms with Crippen LogP contribution < -0.4 is 5.32 Å². The quantitative estimate of drug-likeness (QED) is 0.305. The fourth-order valence-electron chi connectivity index (χ4n) is 2.72. The Morgan fingerprint density at radius 2 is 1.85 bits per heavy atom. The minimum atomic E-state index is -0.194. The number of aromatic nitrogens is 1. The molecule has 0 radical (unpaired) electrons. The van der Waals surface area contributed by atoms with Crippen LogP contribution in [-0.2, 0) is 0 Å². The van der Waals surface area contributed by atoms with Gasteiger partial charge in [0.25, 0.3) is 5.91 Å². The highest BCUT2D eigenvalue weighted by Gasteiger charge is 2.16. The predicted molar refractivity (Wildman–Crippen MR) is 120 cm³/mol. The van der Waals surface area contributed by atoms with Crippen molar-refractivity contribution in [1.29, 1.82) is 0 Å². The zero-order valence-corrected chi connectivity index (χ0v) is 18.4. The second-order valence-corrected chi connectivity index (χ2v) is 9.24. The molecule has 0 aliphatic heterocycles. The third-order valence-corrected chi connectivity index (χ3v) is 6.37. The number of thiophene rings is 1. The van der Waals surface area contributed by atoms with Gasteiger partial charge >= 0.3 is 0 Å². The molecule has 4 rings (SSSR count). The highest BCUT2D eigenvalue weighted by Crippen LogP contribution is 2.33. The topological polar surface area (TPSA) is 42.0 Å². The first-order valence-electron chi connectivity index (χ1n) is 7.93. The number of benzene rings is 2. The molecule has 0 spiro atoms. The molecule has 0 unspecified atom stereocenters. The number of rotatable bonds is 3. The van der Waals surface area contributed by atoms with E-state index in [2.05, 4.69) is 37.2 Å². The number of carbonyl (C=O) groups is 1. The molecule has 2 aromatic heterocycles. The Morgan fingerprint density at radius 1 is 1.04 bits per heavy atom. The number of nitrogens with zero attached hydrogens (tertiary/aromatic N) is 1. The van der Waals surface area contributed by atoms with Crippen molar-refractivity contribution < 1.29 is 4.79 Å². The standard InChI is InChI=1S/C20H11Br2ClN2OS/c21-11-5-6-16(14(22)9-11)25-20(26)13-10-17(18-7-8-19(23)27-18)24-15-4-2-1-3-12(13)15/h1-10H,(H,25,26). The third kappa shape index (κ3) is 3.94. The van der Waals surface area contributed by atoms with Crippen LogP contribution in [0.1, 0.15) is 10.4 Å². The van der Waals surface area contributed by atoms with Crippen molar-refractivity contribution in [3.8, 4) is 10.6 Å². The highest BCUT2D eigenvalue weighted by atomic mass is 79.9. The molecule has 0 saturated carbocycles. The van der Waals surface area contributed by atoms with Gasteiger partial charge in [-0.05, 0) is 58.4 Å². The Hall–Kier alpha value is -1.73. The number of anilines is 1. The number of hydrogen-bond acceptors (Lipinski definition) is 3. The molecule has 1 amide bonds. The van der Waals surface area contributed by atoms with Crippen molar-refractivity contribution in [2.75, 3.05) is 5.32 Å². The van der Waals surface area contributed by atoms with Crippen molar-refractivity contribution in [1.82, 2.24) is 4.98 Å². The van der Waals surface area contributed by atoms with Crippen LogP contribution in [-0.4, -0.2) is 10.9 Å². The summed E-state index contributed by atoms with van der Waals surface area (Å²) < 4.78 is 2.41. The number of nitrogens with one attached hydrogen (secondary N) is 1. The number of carbonyl (C=O) groups excluding carboxylic acids is 1. The average Bonchev–Trinajstić information content (AvgIpc) is 3.09. The van der Waals surface area contributed by atoms with Gasteiger partial charge in [0.2, 0.25) is 0 Å². The predicted octanol–water partition coefficient (Wildman–Crippen LogP) is 7.39. The lowest BCUT2D eigenvalue weighted by Crippen LogP contribution is -2.13. The zero-order valence-electron chi connectivity index (χ0n) is 13.7. The van der Waals surface area contributed by atoms with Gasteiger partial charge in [-0.3, -0.25) is 4.79 Å². The Kier molecular flexibility index (Phi) is 5.32. The second kappa shape index (κ2) is 7.72. The van der Waals surface area contributed by atoms with Gasteiger partial charge in [-0.1, -0.05) is 45.7 Å². The number of para-hydroxylation sites is 1. The SMILES string of the molecule is O=C(Nc1ccc(Br)cc1Br)c1cc(-c2ccc(Cl)s2)nc2ccccc12. The van der Waals surface area contributed by atoms with Gasteiger partial charge in [-0.15, -0.1) is 11.3 Å². The highest BCUT2D eigenvalue weighted by molar-refractivity contribution is 9.11. The molecule has 0 fully saturated rings. The molecule has 0 aliphatic rings. The van der Waals surface area contributed by atoms with E-state index >= 15 is 0 Å². The van der Waals surface area contributed by atoms with Gasteiger partial charge in [0.05, 0.1) is 31.7 Å². The first kappa shape index (κ1) is 18.6. The third-order valence-electron chi connectivity index (χ3n) is 3.97. The molecule has 3 nitrogen and oxygen atoms in total. The van der Waals surface area contributed by atoms with Crippen LogP contribution in [0.4, 0.5) is 5.69 Å². The molecule has 7 heteroatoms. The van der Waals surface area contributed by atoms with Crippen LogP contribution in [0.3, 0.4) is 0 Å². The van der Waals surface area contributed by atoms with Crippen LogP contribution in [0, 0.1) is 0 Å². The largest absolute Gasteiger partial charge is 0.321 e. The lowest BCUT2D eigenvalue weighted by atomic mass is 10.1. The van der Waals surface area contributed by atoms with E-state index in [9.17, 15) is 4.79 Å². The molecule has 27 heavy (non-hydrogen) atoms. The summed E-state index contributed by atoms with van der Waals surface area (Å²) in [7, 11) is 0. The molecule has 1 N–H and O–H groups in total. The van der Waals surface area contributed by atoms with Gasteiger partial charge in [-0.25, -0.2) is 4.98 Å². The van der Waals surface area contributed by atoms with E-state index in [0.717, 1.165) is 30.4 Å². The van der Waals surface area contributed by atoms with Gasteiger partial charge in [0.15, 0.2) is 0 Å². The maximum absolute atomic E-state index is 13.1. The Morgan fingerprint density at radius 3 is 2.59 bits per heavy atom. The minimum Gasteiger partial charge on any atom is -0.321 e. The van der Waals surface area contributed by atoms with Crippen molar-refractivity contribution >= 4 is 77.3 Å². The molecular weight excluding hydrogens is 512 g/mol. The summed E-state index contributed by atoms with van der Waals surface area (Å²) in [5.74, 6) is -0.194. The fraction of sp³-hybridized carbons (Fsp3) is 0. The monoisotopic (exact) mass is 520 g/mol. The maximum Gasteiger partial charge on any atom is 0.256 e. The Balaban J connectivity index is 1.80. The Labute approximate surface area is 181 Å². The first-order chi connectivity index (χ1) is 13.0. The smallest absolute Gasteiger partial charge is 0.256 e. The second-order valence-electron chi connectivity index (χ2n) is 5.75. The number of halogens is 3. The summed E-state index contributed by atoms with van der Waals surface area (Å²) in [5, 5.41) is 3.77. The van der Waals surface area contributed by atoms with Crippen LogP contribution in [0.5, 0.6) is 0 Å². The summed E-state index contributed by atoms with van der Waals surface area (Å²) in [6.07, 6.45) is 0. The molecular formula is C20H11Br2ClN2OS. The molecule has 134 valence electrons. The lowest BCUT2D eigenvalue weighted by molar-refractivity contribution is 0.102. The Bertz CT molecular complexity index is 1180. The molecule has 2 aromatic carbocycles. The van der Waals surface area contributed by atoms with E-state index in [4.69, 9.17) is 16.6 Å². The van der Waals surface area contributed by atoms with Crippen molar-refractivity contribution in [2.45, 2.75) is 0 Å². The summed E-state index contributed by atoms with van der Waals surface area (Å²) in [6.45, 7) is 0. The molecule has 2 heterocycles. The zero-order chi connectivity index (χ0) is 19.0. The minimum absolute atomic E-state index is 0.194. The maximum atomic E-state index is 13.1. The lowest BCUT2D eigenvalue weighted by Gasteiger charge is -2.11. The van der Waals surface area contributed by atoms with E-state index in [-0.39, 0.29) is 5.91 Å². The molecule has 4 aromatic rings. The van der Waals surface area contributed by atoms with Gasteiger partial charge in [0.1, 0.15) is 0 Å². The van der Waals surface area contributed by atoms with Crippen molar-refractivity contribution in [3.05, 3.63) is 79.5 Å². The van der Waals surface area contributed by atoms with E-state index in [0.29, 0.717) is 15.6 Å². The van der Waals surface area contributed by atoms with Crippen LogP contribution >= 0.6 is 54.8 Å². The van der Waals surface area contributed by atoms with Crippen molar-refractivity contribution in [2.24, 2.45) is 0 Å². The van der Waals surface area contributed by atoms with E-state index in [1.165, 1.54) is 11.3 Å². The van der Waals surface area contributed by atoms with Crippen LogP contribution in [0.15, 0.2) is 69.6 Å². The summed E-state index contributed by atoms with van der Waals surface area (Å²) in [4.78, 5) is 18.7. The van der Waals surface area contributed by atoms with Crippen LogP contribution in [0.25, 0.3) is 21.5 Å². The van der Waals surface area contributed by atoms with Crippen molar-refractivity contribution in [3.63, 3.8) is 0 Å². The van der Waals surface area contributed by atoms with E-state index in [1.807, 2.05) is 60.7 Å². The summed E-state index contributed by atoms with van der Waals surface area (Å²) in [6, 6.07) is 18.8. The number of fused-ring (bicyclic) bond motifs is 1.